The van der Waals surface area contributed by atoms with Crippen LogP contribution in [-0.2, 0) is 0 Å². The molecule has 1 aromatic carbocycles. The van der Waals surface area contributed by atoms with Crippen LogP contribution in [0.15, 0.2) is 59.3 Å². The van der Waals surface area contributed by atoms with Gasteiger partial charge < -0.3 is 10.6 Å². The van der Waals surface area contributed by atoms with Crippen LogP contribution >= 0.6 is 15.9 Å². The predicted octanol–water partition coefficient (Wildman–Crippen LogP) is 3.94. The van der Waals surface area contributed by atoms with Crippen LogP contribution in [0.4, 0.5) is 17.3 Å². The Morgan fingerprint density at radius 2 is 1.88 bits per heavy atom. The van der Waals surface area contributed by atoms with E-state index in [0.717, 1.165) is 15.7 Å². The summed E-state index contributed by atoms with van der Waals surface area (Å²) in [6, 6.07) is 12.8. The second kappa shape index (κ2) is 7.18. The van der Waals surface area contributed by atoms with Gasteiger partial charge in [0, 0.05) is 22.6 Å². The van der Waals surface area contributed by atoms with E-state index in [9.17, 15) is 4.79 Å². The molecular formula is C17H14BrN5O. The van der Waals surface area contributed by atoms with Crippen molar-refractivity contribution in [2.45, 2.75) is 6.92 Å². The highest BCUT2D eigenvalue weighted by molar-refractivity contribution is 9.10. The summed E-state index contributed by atoms with van der Waals surface area (Å²) in [6.45, 7) is 2.00. The normalized spacial score (nSPS) is 10.2. The molecule has 0 aliphatic rings. The van der Waals surface area contributed by atoms with Gasteiger partial charge in [0.05, 0.1) is 5.56 Å². The lowest BCUT2D eigenvalue weighted by molar-refractivity contribution is 0.102. The molecule has 24 heavy (non-hydrogen) atoms. The molecule has 3 aromatic rings. The fourth-order valence-electron chi connectivity index (χ4n) is 2.06. The summed E-state index contributed by atoms with van der Waals surface area (Å²) in [5.74, 6) is 0.698. The standard InChI is InChI=1S/C17H14BrN5O/c1-11-9-13(18)4-5-14(11)20-15-6-7-16(23-22-15)21-17(24)12-3-2-8-19-10-12/h2-10H,1H3,(H,20,22)(H,21,23,24). The molecule has 0 spiro atoms. The Hall–Kier alpha value is -2.80. The van der Waals surface area contributed by atoms with Gasteiger partial charge in [-0.25, -0.2) is 0 Å². The largest absolute Gasteiger partial charge is 0.339 e. The van der Waals surface area contributed by atoms with E-state index in [1.54, 1.807) is 30.5 Å². The number of carbonyl (C=O) groups excluding carboxylic acids is 1. The van der Waals surface area contributed by atoms with E-state index in [1.807, 2.05) is 25.1 Å². The number of carbonyl (C=O) groups is 1. The fraction of sp³-hybridized carbons (Fsp3) is 0.0588. The second-order valence-electron chi connectivity index (χ2n) is 5.08. The van der Waals surface area contributed by atoms with Gasteiger partial charge in [-0.1, -0.05) is 15.9 Å². The molecular weight excluding hydrogens is 370 g/mol. The number of aryl methyl sites for hydroxylation is 1. The fourth-order valence-corrected chi connectivity index (χ4v) is 2.53. The zero-order valence-corrected chi connectivity index (χ0v) is 14.4. The maximum atomic E-state index is 12.0. The summed E-state index contributed by atoms with van der Waals surface area (Å²) in [5, 5.41) is 14.0. The quantitative estimate of drug-likeness (QED) is 0.712. The van der Waals surface area contributed by atoms with Gasteiger partial charge in [-0.2, -0.15) is 0 Å². The lowest BCUT2D eigenvalue weighted by atomic mass is 10.2. The summed E-state index contributed by atoms with van der Waals surface area (Å²) in [5.41, 5.74) is 2.49. The van der Waals surface area contributed by atoms with Crippen LogP contribution < -0.4 is 10.6 Å². The minimum atomic E-state index is -0.276. The van der Waals surface area contributed by atoms with Crippen molar-refractivity contribution in [1.82, 2.24) is 15.2 Å². The summed E-state index contributed by atoms with van der Waals surface area (Å²) >= 11 is 3.43. The second-order valence-corrected chi connectivity index (χ2v) is 6.00. The number of rotatable bonds is 4. The van der Waals surface area contributed by atoms with Crippen LogP contribution in [0.1, 0.15) is 15.9 Å². The number of benzene rings is 1. The SMILES string of the molecule is Cc1cc(Br)ccc1Nc1ccc(NC(=O)c2cccnc2)nn1. The summed E-state index contributed by atoms with van der Waals surface area (Å²) in [4.78, 5) is 15.9. The molecule has 6 nitrogen and oxygen atoms in total. The highest BCUT2D eigenvalue weighted by atomic mass is 79.9. The first-order valence-corrected chi connectivity index (χ1v) is 7.99. The van der Waals surface area contributed by atoms with Gasteiger partial charge in [0.2, 0.25) is 0 Å². The minimum absolute atomic E-state index is 0.276. The van der Waals surface area contributed by atoms with Crippen LogP contribution in [-0.4, -0.2) is 21.1 Å². The monoisotopic (exact) mass is 383 g/mol. The van der Waals surface area contributed by atoms with Gasteiger partial charge in [-0.05, 0) is 55.0 Å². The van der Waals surface area contributed by atoms with E-state index in [2.05, 4.69) is 41.7 Å². The molecule has 1 amide bonds. The van der Waals surface area contributed by atoms with E-state index < -0.39 is 0 Å². The highest BCUT2D eigenvalue weighted by Gasteiger charge is 2.07. The molecule has 120 valence electrons. The number of nitrogens with one attached hydrogen (secondary N) is 2. The van der Waals surface area contributed by atoms with E-state index in [4.69, 9.17) is 0 Å². The third kappa shape index (κ3) is 3.94. The highest BCUT2D eigenvalue weighted by Crippen LogP contribution is 2.23. The van der Waals surface area contributed by atoms with E-state index in [0.29, 0.717) is 17.2 Å². The molecule has 0 saturated carbocycles. The van der Waals surface area contributed by atoms with E-state index in [-0.39, 0.29) is 5.91 Å². The maximum Gasteiger partial charge on any atom is 0.258 e. The van der Waals surface area contributed by atoms with Crippen molar-refractivity contribution in [1.29, 1.82) is 0 Å². The van der Waals surface area contributed by atoms with Gasteiger partial charge in [-0.15, -0.1) is 10.2 Å². The Morgan fingerprint density at radius 1 is 1.08 bits per heavy atom. The molecule has 7 heteroatoms. The van der Waals surface area contributed by atoms with Gasteiger partial charge in [0.15, 0.2) is 11.6 Å². The molecule has 0 aliphatic carbocycles. The molecule has 0 fully saturated rings. The lowest BCUT2D eigenvalue weighted by Crippen LogP contribution is -2.13. The Labute approximate surface area is 147 Å². The number of hydrogen-bond donors (Lipinski definition) is 2. The smallest absolute Gasteiger partial charge is 0.258 e. The summed E-state index contributed by atoms with van der Waals surface area (Å²) in [7, 11) is 0. The van der Waals surface area contributed by atoms with Gasteiger partial charge in [-0.3, -0.25) is 9.78 Å². The summed E-state index contributed by atoms with van der Waals surface area (Å²) < 4.78 is 1.02. The van der Waals surface area contributed by atoms with Gasteiger partial charge >= 0.3 is 0 Å². The number of hydrogen-bond acceptors (Lipinski definition) is 5. The Bertz CT molecular complexity index is 853. The molecule has 0 radical (unpaired) electrons. The van der Waals surface area contributed by atoms with Crippen LogP contribution in [0.25, 0.3) is 0 Å². The molecule has 0 bridgehead atoms. The topological polar surface area (TPSA) is 79.8 Å². The third-order valence-corrected chi connectivity index (χ3v) is 3.77. The number of aromatic nitrogens is 3. The van der Waals surface area contributed by atoms with Crippen LogP contribution in [0.5, 0.6) is 0 Å². The van der Waals surface area contributed by atoms with Crippen LogP contribution in [0, 0.1) is 6.92 Å². The molecule has 0 unspecified atom stereocenters. The first-order valence-electron chi connectivity index (χ1n) is 7.20. The zero-order valence-electron chi connectivity index (χ0n) is 12.8. The van der Waals surface area contributed by atoms with Crippen molar-refractivity contribution >= 4 is 39.2 Å². The Morgan fingerprint density at radius 3 is 2.54 bits per heavy atom. The molecule has 3 rings (SSSR count). The third-order valence-electron chi connectivity index (χ3n) is 3.28. The molecule has 0 saturated heterocycles. The minimum Gasteiger partial charge on any atom is -0.339 e. The Balaban J connectivity index is 1.68. The van der Waals surface area contributed by atoms with Crippen molar-refractivity contribution in [2.24, 2.45) is 0 Å². The summed E-state index contributed by atoms with van der Waals surface area (Å²) in [6.07, 6.45) is 3.11. The zero-order chi connectivity index (χ0) is 16.9. The molecule has 2 N–H and O–H groups in total. The molecule has 2 aromatic heterocycles. The predicted molar refractivity (Wildman–Crippen MR) is 96.4 cm³/mol. The molecule has 0 atom stereocenters. The van der Waals surface area contributed by atoms with Crippen molar-refractivity contribution in [3.05, 3.63) is 70.5 Å². The molecule has 0 aliphatic heterocycles. The number of amides is 1. The first-order chi connectivity index (χ1) is 11.6. The first kappa shape index (κ1) is 16.1. The van der Waals surface area contributed by atoms with E-state index in [1.165, 1.54) is 6.20 Å². The number of pyridine rings is 1. The number of halogens is 1. The van der Waals surface area contributed by atoms with Crippen LogP contribution in [0.3, 0.4) is 0 Å². The van der Waals surface area contributed by atoms with Crippen molar-refractivity contribution in [3.8, 4) is 0 Å². The van der Waals surface area contributed by atoms with Crippen molar-refractivity contribution in [3.63, 3.8) is 0 Å². The number of anilines is 3. The average Bonchev–Trinajstić information content (AvgIpc) is 2.60. The van der Waals surface area contributed by atoms with Crippen LogP contribution in [0.2, 0.25) is 0 Å². The maximum absolute atomic E-state index is 12.0. The van der Waals surface area contributed by atoms with Gasteiger partial charge in [0.1, 0.15) is 0 Å². The van der Waals surface area contributed by atoms with Crippen molar-refractivity contribution < 1.29 is 4.79 Å². The average molecular weight is 384 g/mol. The van der Waals surface area contributed by atoms with E-state index >= 15 is 0 Å². The van der Waals surface area contributed by atoms with Crippen molar-refractivity contribution in [2.75, 3.05) is 10.6 Å². The lowest BCUT2D eigenvalue weighted by Gasteiger charge is -2.09. The number of nitrogens with zero attached hydrogens (tertiary/aromatic N) is 3. The Kier molecular flexibility index (Phi) is 4.81. The molecule has 2 heterocycles. The van der Waals surface area contributed by atoms with Gasteiger partial charge in [0.25, 0.3) is 5.91 Å².